The van der Waals surface area contributed by atoms with Crippen LogP contribution in [0.4, 0.5) is 0 Å². The molecule has 0 amide bonds. The van der Waals surface area contributed by atoms with E-state index in [0.29, 0.717) is 6.61 Å². The van der Waals surface area contributed by atoms with Gasteiger partial charge in [0.2, 0.25) is 0 Å². The van der Waals surface area contributed by atoms with Gasteiger partial charge >= 0.3 is 0 Å². The van der Waals surface area contributed by atoms with Crippen LogP contribution in [-0.4, -0.2) is 16.7 Å². The number of aryl methyl sites for hydroxylation is 1. The molecule has 0 atom stereocenters. The second-order valence-electron chi connectivity index (χ2n) is 2.13. The summed E-state index contributed by atoms with van der Waals surface area (Å²) in [6.07, 6.45) is 3.80. The van der Waals surface area contributed by atoms with Crippen molar-refractivity contribution >= 4 is 0 Å². The molecule has 1 aromatic rings. The molecule has 0 aliphatic carbocycles. The maximum atomic E-state index is 4.91. The largest absolute Gasteiger partial charge is 0.378 e. The Morgan fingerprint density at radius 3 is 3.00 bits per heavy atom. The Morgan fingerprint density at radius 1 is 1.70 bits per heavy atom. The van der Waals surface area contributed by atoms with E-state index in [2.05, 4.69) is 11.9 Å². The lowest BCUT2D eigenvalue weighted by molar-refractivity contribution is 0.182. The molecule has 1 rings (SSSR count). The topological polar surface area (TPSA) is 27.1 Å². The fourth-order valence-corrected chi connectivity index (χ4v) is 0.802. The van der Waals surface area contributed by atoms with Gasteiger partial charge in [-0.25, -0.2) is 4.98 Å². The average molecular weight is 140 g/mol. The molecule has 1 aromatic heterocycles. The number of rotatable bonds is 3. The third kappa shape index (κ3) is 1.57. The van der Waals surface area contributed by atoms with E-state index in [4.69, 9.17) is 4.74 Å². The highest BCUT2D eigenvalue weighted by atomic mass is 16.5. The molecule has 0 saturated carbocycles. The number of nitrogens with zero attached hydrogens (tertiary/aromatic N) is 2. The molecular weight excluding hydrogens is 128 g/mol. The van der Waals surface area contributed by atoms with Gasteiger partial charge in [-0.15, -0.1) is 0 Å². The van der Waals surface area contributed by atoms with Gasteiger partial charge in [0.25, 0.3) is 0 Å². The molecule has 0 N–H and O–H groups in total. The van der Waals surface area contributed by atoms with Crippen molar-refractivity contribution in [2.45, 2.75) is 20.1 Å². The van der Waals surface area contributed by atoms with Crippen molar-refractivity contribution in [2.75, 3.05) is 7.11 Å². The van der Waals surface area contributed by atoms with E-state index in [1.807, 2.05) is 17.1 Å². The summed E-state index contributed by atoms with van der Waals surface area (Å²) >= 11 is 0. The molecule has 10 heavy (non-hydrogen) atoms. The Kier molecular flexibility index (Phi) is 2.45. The molecule has 0 fully saturated rings. The van der Waals surface area contributed by atoms with E-state index in [1.54, 1.807) is 7.11 Å². The van der Waals surface area contributed by atoms with E-state index < -0.39 is 0 Å². The zero-order valence-electron chi connectivity index (χ0n) is 6.37. The summed E-state index contributed by atoms with van der Waals surface area (Å²) in [6, 6.07) is 0. The van der Waals surface area contributed by atoms with Gasteiger partial charge in [0.15, 0.2) is 0 Å². The molecule has 3 nitrogen and oxygen atoms in total. The second kappa shape index (κ2) is 3.37. The highest BCUT2D eigenvalue weighted by molar-refractivity contribution is 4.94. The summed E-state index contributed by atoms with van der Waals surface area (Å²) in [6.45, 7) is 3.65. The minimum absolute atomic E-state index is 0.604. The molecule has 1 heterocycles. The Labute approximate surface area is 60.6 Å². The van der Waals surface area contributed by atoms with Crippen molar-refractivity contribution in [2.24, 2.45) is 0 Å². The quantitative estimate of drug-likeness (QED) is 0.627. The smallest absolute Gasteiger partial charge is 0.0950 e. The van der Waals surface area contributed by atoms with E-state index in [-0.39, 0.29) is 0 Å². The first-order valence-corrected chi connectivity index (χ1v) is 3.36. The van der Waals surface area contributed by atoms with Crippen LogP contribution in [0.15, 0.2) is 12.5 Å². The summed E-state index contributed by atoms with van der Waals surface area (Å²) in [5.74, 6) is 0. The van der Waals surface area contributed by atoms with Gasteiger partial charge < -0.3 is 9.30 Å². The zero-order chi connectivity index (χ0) is 7.40. The third-order valence-electron chi connectivity index (χ3n) is 1.34. The highest BCUT2D eigenvalue weighted by Gasteiger charge is 1.94. The lowest BCUT2D eigenvalue weighted by Crippen LogP contribution is -1.88. The SMILES string of the molecule is CCn1cnc(COC)c1. The first kappa shape index (κ1) is 7.28. The number of methoxy groups -OCH3 is 1. The van der Waals surface area contributed by atoms with Gasteiger partial charge in [0.05, 0.1) is 18.6 Å². The number of ether oxygens (including phenoxy) is 1. The molecule has 0 unspecified atom stereocenters. The Hall–Kier alpha value is -0.830. The van der Waals surface area contributed by atoms with Crippen LogP contribution in [-0.2, 0) is 17.9 Å². The fraction of sp³-hybridized carbons (Fsp3) is 0.571. The summed E-state index contributed by atoms with van der Waals surface area (Å²) in [5, 5.41) is 0. The molecule has 56 valence electrons. The van der Waals surface area contributed by atoms with Crippen molar-refractivity contribution in [3.8, 4) is 0 Å². The number of hydrogen-bond donors (Lipinski definition) is 0. The molecule has 0 aliphatic rings. The van der Waals surface area contributed by atoms with Crippen molar-refractivity contribution in [3.05, 3.63) is 18.2 Å². The van der Waals surface area contributed by atoms with Crippen molar-refractivity contribution in [1.82, 2.24) is 9.55 Å². The summed E-state index contributed by atoms with van der Waals surface area (Å²) in [5.41, 5.74) is 0.990. The van der Waals surface area contributed by atoms with Crippen LogP contribution >= 0.6 is 0 Å². The van der Waals surface area contributed by atoms with Gasteiger partial charge in [0, 0.05) is 19.9 Å². The first-order valence-electron chi connectivity index (χ1n) is 3.36. The minimum atomic E-state index is 0.604. The Morgan fingerprint density at radius 2 is 2.50 bits per heavy atom. The van der Waals surface area contributed by atoms with Crippen LogP contribution in [0, 0.1) is 0 Å². The monoisotopic (exact) mass is 140 g/mol. The molecule has 0 aliphatic heterocycles. The molecule has 0 spiro atoms. The standard InChI is InChI=1S/C7H12N2O/c1-3-9-4-7(5-10-2)8-6-9/h4,6H,3,5H2,1-2H3. The van der Waals surface area contributed by atoms with Crippen LogP contribution in [0.2, 0.25) is 0 Å². The molecule has 0 aromatic carbocycles. The van der Waals surface area contributed by atoms with E-state index >= 15 is 0 Å². The maximum Gasteiger partial charge on any atom is 0.0950 e. The Bertz CT molecular complexity index is 195. The lowest BCUT2D eigenvalue weighted by atomic mass is 10.5. The van der Waals surface area contributed by atoms with Crippen LogP contribution in [0.1, 0.15) is 12.6 Å². The predicted octanol–water partition coefficient (Wildman–Crippen LogP) is 1.05. The molecule has 0 saturated heterocycles. The first-order chi connectivity index (χ1) is 4.86. The van der Waals surface area contributed by atoms with E-state index in [9.17, 15) is 0 Å². The summed E-state index contributed by atoms with van der Waals surface area (Å²) < 4.78 is 6.93. The molecule has 0 radical (unpaired) electrons. The van der Waals surface area contributed by atoms with Crippen LogP contribution in [0.3, 0.4) is 0 Å². The summed E-state index contributed by atoms with van der Waals surface area (Å²) in [7, 11) is 1.67. The van der Waals surface area contributed by atoms with Crippen LogP contribution in [0.5, 0.6) is 0 Å². The summed E-state index contributed by atoms with van der Waals surface area (Å²) in [4.78, 5) is 4.11. The molecule has 3 heteroatoms. The van der Waals surface area contributed by atoms with Crippen molar-refractivity contribution in [3.63, 3.8) is 0 Å². The van der Waals surface area contributed by atoms with Gasteiger partial charge in [-0.2, -0.15) is 0 Å². The van der Waals surface area contributed by atoms with Crippen LogP contribution < -0.4 is 0 Å². The second-order valence-corrected chi connectivity index (χ2v) is 2.13. The van der Waals surface area contributed by atoms with Crippen molar-refractivity contribution in [1.29, 1.82) is 0 Å². The predicted molar refractivity (Wildman–Crippen MR) is 38.6 cm³/mol. The third-order valence-corrected chi connectivity index (χ3v) is 1.34. The average Bonchev–Trinajstić information content (AvgIpc) is 2.37. The number of imidazole rings is 1. The normalized spacial score (nSPS) is 10.2. The zero-order valence-corrected chi connectivity index (χ0v) is 6.37. The maximum absolute atomic E-state index is 4.91. The van der Waals surface area contributed by atoms with Gasteiger partial charge in [-0.1, -0.05) is 0 Å². The lowest BCUT2D eigenvalue weighted by Gasteiger charge is -1.91. The van der Waals surface area contributed by atoms with Crippen molar-refractivity contribution < 1.29 is 4.74 Å². The van der Waals surface area contributed by atoms with Crippen LogP contribution in [0.25, 0.3) is 0 Å². The minimum Gasteiger partial charge on any atom is -0.378 e. The highest BCUT2D eigenvalue weighted by Crippen LogP contribution is 1.96. The number of aromatic nitrogens is 2. The fourth-order valence-electron chi connectivity index (χ4n) is 0.802. The van der Waals surface area contributed by atoms with Gasteiger partial charge in [0.1, 0.15) is 0 Å². The van der Waals surface area contributed by atoms with Gasteiger partial charge in [-0.3, -0.25) is 0 Å². The molecular formula is C7H12N2O. The van der Waals surface area contributed by atoms with Gasteiger partial charge in [-0.05, 0) is 6.92 Å². The molecule has 0 bridgehead atoms. The van der Waals surface area contributed by atoms with E-state index in [1.165, 1.54) is 0 Å². The van der Waals surface area contributed by atoms with E-state index in [0.717, 1.165) is 12.2 Å². The number of hydrogen-bond acceptors (Lipinski definition) is 2. The Balaban J connectivity index is 2.59.